The minimum absolute atomic E-state index is 0.120. The van der Waals surface area contributed by atoms with Crippen LogP contribution in [0.25, 0.3) is 0 Å². The summed E-state index contributed by atoms with van der Waals surface area (Å²) in [4.78, 5) is 0. The van der Waals surface area contributed by atoms with E-state index in [1.807, 2.05) is 0 Å². The normalized spacial score (nSPS) is 14.1. The lowest BCUT2D eigenvalue weighted by Crippen LogP contribution is -2.40. The smallest absolute Gasteiger partial charge is 0.308 e. The first kappa shape index (κ1) is 16.9. The number of nitrogens with one attached hydrogen (secondary N) is 2. The van der Waals surface area contributed by atoms with E-state index in [4.69, 9.17) is 10.8 Å². The number of halogens is 3. The lowest BCUT2D eigenvalue weighted by molar-refractivity contribution is -0.173. The molecule has 0 heterocycles. The van der Waals surface area contributed by atoms with Gasteiger partial charge in [-0.15, -0.1) is 0 Å². The van der Waals surface area contributed by atoms with E-state index in [0.717, 1.165) is 13.1 Å². The first-order valence-electron chi connectivity index (χ1n) is 7.04. The maximum Gasteiger partial charge on any atom is 0.402 e. The van der Waals surface area contributed by atoms with Crippen molar-refractivity contribution in [3.8, 4) is 0 Å². The number of benzene rings is 2. The summed E-state index contributed by atoms with van der Waals surface area (Å²) in [5.41, 5.74) is -0.458. The van der Waals surface area contributed by atoms with Crippen molar-refractivity contribution in [2.75, 3.05) is 0 Å². The summed E-state index contributed by atoms with van der Waals surface area (Å²) in [6, 6.07) is 11.7. The first-order valence-corrected chi connectivity index (χ1v) is 7.04. The zero-order valence-electron chi connectivity index (χ0n) is 12.8. The Morgan fingerprint density at radius 1 is 0.913 bits per heavy atom. The lowest BCUT2D eigenvalue weighted by atomic mass is 9.75. The van der Waals surface area contributed by atoms with Crippen molar-refractivity contribution in [3.05, 3.63) is 70.8 Å². The van der Waals surface area contributed by atoms with E-state index >= 15 is 0 Å². The fourth-order valence-corrected chi connectivity index (χ4v) is 2.46. The highest BCUT2D eigenvalue weighted by atomic mass is 19.4. The second-order valence-corrected chi connectivity index (χ2v) is 5.59. The Labute approximate surface area is 133 Å². The van der Waals surface area contributed by atoms with Gasteiger partial charge in [0.1, 0.15) is 5.41 Å². The lowest BCUT2D eigenvalue weighted by Gasteiger charge is -2.33. The van der Waals surface area contributed by atoms with E-state index in [0.29, 0.717) is 16.8 Å². The van der Waals surface area contributed by atoms with Crippen LogP contribution in [-0.2, 0) is 5.41 Å². The Hall–Kier alpha value is -2.43. The second-order valence-electron chi connectivity index (χ2n) is 5.59. The largest absolute Gasteiger partial charge is 0.402 e. The van der Waals surface area contributed by atoms with Gasteiger partial charge in [0, 0.05) is 11.9 Å². The molecule has 0 aliphatic rings. The van der Waals surface area contributed by atoms with Gasteiger partial charge in [0.15, 0.2) is 0 Å². The van der Waals surface area contributed by atoms with Crippen LogP contribution in [0.4, 0.5) is 13.2 Å². The van der Waals surface area contributed by atoms with Crippen LogP contribution in [0.5, 0.6) is 0 Å². The van der Waals surface area contributed by atoms with Crippen LogP contribution in [0.3, 0.4) is 0 Å². The average molecular weight is 318 g/mol. The van der Waals surface area contributed by atoms with E-state index in [1.165, 1.54) is 48.5 Å². The number of hydrogen-bond acceptors (Lipinski definition) is 2. The standard InChI is InChI=1S/C18H17F3N2/c1-12(23)14-5-9-16(10-6-14)17(2,18(19,20)21)15-7-3-13(11-22)4-8-15/h3-11,22-23H,1-2H3. The molecule has 1 unspecified atom stereocenters. The molecule has 120 valence electrons. The Morgan fingerprint density at radius 2 is 1.35 bits per heavy atom. The predicted molar refractivity (Wildman–Crippen MR) is 85.8 cm³/mol. The molecule has 5 heteroatoms. The van der Waals surface area contributed by atoms with E-state index in [-0.39, 0.29) is 11.1 Å². The minimum atomic E-state index is -4.47. The molecule has 0 aromatic heterocycles. The van der Waals surface area contributed by atoms with E-state index in [9.17, 15) is 13.2 Å². The monoisotopic (exact) mass is 318 g/mol. The third kappa shape index (κ3) is 3.04. The van der Waals surface area contributed by atoms with Gasteiger partial charge in [-0.1, -0.05) is 48.5 Å². The van der Waals surface area contributed by atoms with Gasteiger partial charge in [-0.3, -0.25) is 0 Å². The molecule has 2 aromatic carbocycles. The molecule has 0 saturated carbocycles. The van der Waals surface area contributed by atoms with E-state index < -0.39 is 11.6 Å². The molecule has 0 amide bonds. The molecular formula is C18H17F3N2. The van der Waals surface area contributed by atoms with Crippen molar-refractivity contribution < 1.29 is 13.2 Å². The molecule has 2 nitrogen and oxygen atoms in total. The molecule has 0 fully saturated rings. The highest BCUT2D eigenvalue weighted by Gasteiger charge is 2.53. The van der Waals surface area contributed by atoms with Gasteiger partial charge < -0.3 is 10.8 Å². The van der Waals surface area contributed by atoms with Crippen LogP contribution in [0.15, 0.2) is 48.5 Å². The summed E-state index contributed by atoms with van der Waals surface area (Å²) in [6.07, 6.45) is -3.38. The second kappa shape index (κ2) is 5.99. The van der Waals surface area contributed by atoms with Gasteiger partial charge in [0.05, 0.1) is 0 Å². The maximum absolute atomic E-state index is 13.8. The molecule has 0 saturated heterocycles. The van der Waals surface area contributed by atoms with Gasteiger partial charge in [-0.2, -0.15) is 13.2 Å². The fourth-order valence-electron chi connectivity index (χ4n) is 2.46. The molecule has 0 aliphatic carbocycles. The number of rotatable bonds is 4. The van der Waals surface area contributed by atoms with Gasteiger partial charge in [0.25, 0.3) is 0 Å². The van der Waals surface area contributed by atoms with Crippen LogP contribution in [0, 0.1) is 10.8 Å². The molecule has 2 rings (SSSR count). The van der Waals surface area contributed by atoms with Crippen molar-refractivity contribution in [2.24, 2.45) is 0 Å². The van der Waals surface area contributed by atoms with Gasteiger partial charge >= 0.3 is 6.18 Å². The Bertz CT molecular complexity index is 715. The Kier molecular flexibility index (Phi) is 4.41. The Balaban J connectivity index is 2.59. The summed E-state index contributed by atoms with van der Waals surface area (Å²) in [5, 5.41) is 14.7. The molecular weight excluding hydrogens is 301 g/mol. The Morgan fingerprint density at radius 3 is 1.70 bits per heavy atom. The quantitative estimate of drug-likeness (QED) is 0.750. The van der Waals surface area contributed by atoms with Crippen LogP contribution < -0.4 is 0 Å². The van der Waals surface area contributed by atoms with Crippen LogP contribution >= 0.6 is 0 Å². The topological polar surface area (TPSA) is 47.7 Å². The third-order valence-electron chi connectivity index (χ3n) is 4.12. The van der Waals surface area contributed by atoms with Crippen molar-refractivity contribution >= 4 is 11.9 Å². The third-order valence-corrected chi connectivity index (χ3v) is 4.12. The SMILES string of the molecule is CC(=N)c1ccc(C(C)(c2ccc(C=N)cc2)C(F)(F)F)cc1. The van der Waals surface area contributed by atoms with Gasteiger partial charge in [0.2, 0.25) is 0 Å². The number of alkyl halides is 3. The maximum atomic E-state index is 13.8. The summed E-state index contributed by atoms with van der Waals surface area (Å²) in [7, 11) is 0. The summed E-state index contributed by atoms with van der Waals surface area (Å²) in [5.74, 6) is 0. The molecule has 2 aromatic rings. The van der Waals surface area contributed by atoms with E-state index in [2.05, 4.69) is 0 Å². The highest BCUT2D eigenvalue weighted by molar-refractivity contribution is 5.96. The summed E-state index contributed by atoms with van der Waals surface area (Å²) >= 11 is 0. The van der Waals surface area contributed by atoms with Crippen LogP contribution in [0.2, 0.25) is 0 Å². The fraction of sp³-hybridized carbons (Fsp3) is 0.222. The van der Waals surface area contributed by atoms with Crippen molar-refractivity contribution in [3.63, 3.8) is 0 Å². The minimum Gasteiger partial charge on any atom is -0.308 e. The van der Waals surface area contributed by atoms with Crippen molar-refractivity contribution in [1.29, 1.82) is 10.8 Å². The van der Waals surface area contributed by atoms with Crippen molar-refractivity contribution in [1.82, 2.24) is 0 Å². The van der Waals surface area contributed by atoms with Crippen molar-refractivity contribution in [2.45, 2.75) is 25.4 Å². The van der Waals surface area contributed by atoms with Gasteiger partial charge in [-0.25, -0.2) is 0 Å². The predicted octanol–water partition coefficient (Wildman–Crippen LogP) is 4.94. The number of hydrogen-bond donors (Lipinski definition) is 2. The molecule has 0 aliphatic heterocycles. The molecule has 0 bridgehead atoms. The van der Waals surface area contributed by atoms with E-state index in [1.54, 1.807) is 6.92 Å². The zero-order valence-corrected chi connectivity index (χ0v) is 12.8. The van der Waals surface area contributed by atoms with Crippen LogP contribution in [0.1, 0.15) is 36.1 Å². The zero-order chi connectivity index (χ0) is 17.3. The van der Waals surface area contributed by atoms with Crippen LogP contribution in [-0.4, -0.2) is 18.1 Å². The summed E-state index contributed by atoms with van der Waals surface area (Å²) < 4.78 is 41.5. The average Bonchev–Trinajstić information content (AvgIpc) is 2.53. The molecule has 23 heavy (non-hydrogen) atoms. The first-order chi connectivity index (χ1) is 10.7. The molecule has 0 radical (unpaired) electrons. The summed E-state index contributed by atoms with van der Waals surface area (Å²) in [6.45, 7) is 2.74. The highest BCUT2D eigenvalue weighted by Crippen LogP contribution is 2.46. The molecule has 1 atom stereocenters. The van der Waals surface area contributed by atoms with Gasteiger partial charge in [-0.05, 0) is 36.1 Å². The molecule has 0 spiro atoms. The molecule has 2 N–H and O–H groups in total.